The highest BCUT2D eigenvalue weighted by Gasteiger charge is 2.14. The van der Waals surface area contributed by atoms with Crippen molar-refractivity contribution in [3.05, 3.63) is 77.4 Å². The van der Waals surface area contributed by atoms with Gasteiger partial charge >= 0.3 is 5.95 Å². The molecule has 0 saturated heterocycles. The van der Waals surface area contributed by atoms with Crippen molar-refractivity contribution in [1.29, 1.82) is 0 Å². The van der Waals surface area contributed by atoms with E-state index in [9.17, 15) is 5.11 Å². The Labute approximate surface area is 149 Å². The van der Waals surface area contributed by atoms with Crippen LogP contribution in [0.4, 0.5) is 5.69 Å². The van der Waals surface area contributed by atoms with Gasteiger partial charge in [-0.3, -0.25) is 4.99 Å². The number of rotatable bonds is 3. The summed E-state index contributed by atoms with van der Waals surface area (Å²) in [6, 6.07) is 20.9. The first-order valence-corrected chi connectivity index (χ1v) is 8.06. The Balaban J connectivity index is 1.71. The van der Waals surface area contributed by atoms with Gasteiger partial charge in [0.1, 0.15) is 0 Å². The number of aromatic hydroxyl groups is 1. The number of oxazole rings is 1. The Bertz CT molecular complexity index is 1060. The average molecular weight is 349 g/mol. The molecule has 0 aliphatic heterocycles. The van der Waals surface area contributed by atoms with Crippen molar-refractivity contribution >= 4 is 34.3 Å². The molecule has 1 heterocycles. The van der Waals surface area contributed by atoms with Crippen molar-refractivity contribution in [2.24, 2.45) is 4.99 Å². The molecule has 4 nitrogen and oxygen atoms in total. The van der Waals surface area contributed by atoms with E-state index < -0.39 is 0 Å². The molecule has 0 bridgehead atoms. The fourth-order valence-electron chi connectivity index (χ4n) is 2.60. The lowest BCUT2D eigenvalue weighted by Gasteiger charge is -2.01. The first kappa shape index (κ1) is 15.4. The molecular formula is C20H13ClN2O2. The third-order valence-corrected chi connectivity index (χ3v) is 4.07. The van der Waals surface area contributed by atoms with Gasteiger partial charge in [-0.1, -0.05) is 48.0 Å². The van der Waals surface area contributed by atoms with Crippen LogP contribution in [0.2, 0.25) is 5.02 Å². The number of hydrogen-bond donors (Lipinski definition) is 1. The van der Waals surface area contributed by atoms with Gasteiger partial charge in [0, 0.05) is 10.6 Å². The molecule has 5 heteroatoms. The largest absolute Gasteiger partial charge is 0.479 e. The third kappa shape index (κ3) is 3.12. The van der Waals surface area contributed by atoms with E-state index in [1.807, 2.05) is 42.5 Å². The highest BCUT2D eigenvalue weighted by Crippen LogP contribution is 2.31. The molecule has 0 unspecified atom stereocenters. The van der Waals surface area contributed by atoms with Crippen LogP contribution < -0.4 is 0 Å². The normalized spacial score (nSPS) is 11.4. The monoisotopic (exact) mass is 348 g/mol. The lowest BCUT2D eigenvalue weighted by molar-refractivity contribution is 0.337. The van der Waals surface area contributed by atoms with E-state index in [4.69, 9.17) is 16.0 Å². The summed E-state index contributed by atoms with van der Waals surface area (Å²) < 4.78 is 5.45. The average Bonchev–Trinajstić information content (AvgIpc) is 3.01. The lowest BCUT2D eigenvalue weighted by Crippen LogP contribution is -1.84. The maximum atomic E-state index is 10.0. The van der Waals surface area contributed by atoms with Crippen molar-refractivity contribution < 1.29 is 9.52 Å². The summed E-state index contributed by atoms with van der Waals surface area (Å²) in [5.74, 6) is 0.0903. The van der Waals surface area contributed by atoms with Gasteiger partial charge in [-0.15, -0.1) is 0 Å². The molecule has 4 aromatic rings. The summed E-state index contributed by atoms with van der Waals surface area (Å²) >= 11 is 5.85. The summed E-state index contributed by atoms with van der Waals surface area (Å²) in [4.78, 5) is 8.65. The summed E-state index contributed by atoms with van der Waals surface area (Å²) in [5.41, 5.74) is 1.80. The number of benzene rings is 3. The Hall–Kier alpha value is -3.11. The first-order valence-electron chi connectivity index (χ1n) is 7.68. The molecule has 4 rings (SSSR count). The van der Waals surface area contributed by atoms with Crippen LogP contribution in [-0.4, -0.2) is 16.3 Å². The van der Waals surface area contributed by atoms with Crippen molar-refractivity contribution in [3.8, 4) is 17.4 Å². The SMILES string of the molecule is Oc1oc(-c2cccc3ccccc23)nc1C=Nc1ccc(Cl)cc1. The molecule has 0 fully saturated rings. The van der Waals surface area contributed by atoms with E-state index in [1.54, 1.807) is 24.3 Å². The minimum Gasteiger partial charge on any atom is -0.479 e. The number of aromatic nitrogens is 1. The predicted molar refractivity (Wildman–Crippen MR) is 99.8 cm³/mol. The molecule has 0 atom stereocenters. The zero-order chi connectivity index (χ0) is 17.2. The standard InChI is InChI=1S/C20H13ClN2O2/c21-14-8-10-15(11-9-14)22-12-18-20(24)25-19(23-18)17-7-3-5-13-4-1-2-6-16(13)17/h1-12,24H. The molecule has 122 valence electrons. The zero-order valence-corrected chi connectivity index (χ0v) is 13.8. The van der Waals surface area contributed by atoms with Crippen molar-refractivity contribution in [2.75, 3.05) is 0 Å². The molecule has 1 N–H and O–H groups in total. The van der Waals surface area contributed by atoms with Crippen molar-refractivity contribution in [2.45, 2.75) is 0 Å². The second-order valence-corrected chi connectivity index (χ2v) is 5.91. The maximum Gasteiger partial charge on any atom is 0.312 e. The van der Waals surface area contributed by atoms with Crippen LogP contribution in [0.15, 0.2) is 76.1 Å². The quantitative estimate of drug-likeness (QED) is 0.490. The fourth-order valence-corrected chi connectivity index (χ4v) is 2.72. The Kier molecular flexibility index (Phi) is 3.96. The molecule has 0 aliphatic rings. The van der Waals surface area contributed by atoms with Gasteiger partial charge in [-0.25, -0.2) is 4.98 Å². The van der Waals surface area contributed by atoms with Crippen LogP contribution in [0.5, 0.6) is 5.95 Å². The van der Waals surface area contributed by atoms with Gasteiger partial charge in [0.05, 0.1) is 11.9 Å². The number of fused-ring (bicyclic) bond motifs is 1. The minimum atomic E-state index is -0.263. The molecule has 3 aromatic carbocycles. The van der Waals surface area contributed by atoms with Crippen LogP contribution in [0.25, 0.3) is 22.2 Å². The van der Waals surface area contributed by atoms with Crippen molar-refractivity contribution in [1.82, 2.24) is 4.98 Å². The van der Waals surface area contributed by atoms with E-state index in [2.05, 4.69) is 9.98 Å². The van der Waals surface area contributed by atoms with Gasteiger partial charge in [0.2, 0.25) is 5.89 Å². The second-order valence-electron chi connectivity index (χ2n) is 5.47. The van der Waals surface area contributed by atoms with Gasteiger partial charge < -0.3 is 9.52 Å². The minimum absolute atomic E-state index is 0.263. The van der Waals surface area contributed by atoms with E-state index in [0.717, 1.165) is 16.3 Å². The predicted octanol–water partition coefficient (Wildman–Crippen LogP) is 5.60. The van der Waals surface area contributed by atoms with Gasteiger partial charge in [-0.05, 0) is 41.1 Å². The molecule has 0 amide bonds. The van der Waals surface area contributed by atoms with Crippen LogP contribution in [0.3, 0.4) is 0 Å². The molecule has 0 radical (unpaired) electrons. The first-order chi connectivity index (χ1) is 12.2. The van der Waals surface area contributed by atoms with Crippen LogP contribution in [0, 0.1) is 0 Å². The number of aliphatic imine (C=N–C) groups is 1. The van der Waals surface area contributed by atoms with Gasteiger partial charge in [0.15, 0.2) is 5.69 Å². The van der Waals surface area contributed by atoms with Crippen LogP contribution >= 0.6 is 11.6 Å². The van der Waals surface area contributed by atoms with Crippen LogP contribution in [0.1, 0.15) is 5.69 Å². The van der Waals surface area contributed by atoms with Crippen LogP contribution in [-0.2, 0) is 0 Å². The maximum absolute atomic E-state index is 10.0. The summed E-state index contributed by atoms with van der Waals surface area (Å²) in [6.07, 6.45) is 1.47. The zero-order valence-electron chi connectivity index (χ0n) is 13.1. The van der Waals surface area contributed by atoms with E-state index >= 15 is 0 Å². The third-order valence-electron chi connectivity index (χ3n) is 3.82. The summed E-state index contributed by atoms with van der Waals surface area (Å²) in [7, 11) is 0. The number of hydrogen-bond acceptors (Lipinski definition) is 4. The Morgan fingerprint density at radius 3 is 2.56 bits per heavy atom. The Morgan fingerprint density at radius 2 is 1.72 bits per heavy atom. The number of nitrogens with zero attached hydrogens (tertiary/aromatic N) is 2. The molecule has 0 saturated carbocycles. The van der Waals surface area contributed by atoms with Gasteiger partial charge in [-0.2, -0.15) is 0 Å². The fraction of sp³-hybridized carbons (Fsp3) is 0. The topological polar surface area (TPSA) is 58.6 Å². The molecular weight excluding hydrogens is 336 g/mol. The summed E-state index contributed by atoms with van der Waals surface area (Å²) in [6.45, 7) is 0. The number of halogens is 1. The smallest absolute Gasteiger partial charge is 0.312 e. The highest BCUT2D eigenvalue weighted by molar-refractivity contribution is 6.30. The second kappa shape index (κ2) is 6.42. The van der Waals surface area contributed by atoms with Crippen molar-refractivity contribution in [3.63, 3.8) is 0 Å². The summed E-state index contributed by atoms with van der Waals surface area (Å²) in [5, 5.41) is 12.8. The van der Waals surface area contributed by atoms with Gasteiger partial charge in [0.25, 0.3) is 0 Å². The van der Waals surface area contributed by atoms with E-state index in [0.29, 0.717) is 16.6 Å². The molecule has 1 aromatic heterocycles. The molecule has 25 heavy (non-hydrogen) atoms. The molecule has 0 spiro atoms. The Morgan fingerprint density at radius 1 is 0.960 bits per heavy atom. The van der Waals surface area contributed by atoms with E-state index in [-0.39, 0.29) is 11.6 Å². The van der Waals surface area contributed by atoms with E-state index in [1.165, 1.54) is 6.21 Å². The highest BCUT2D eigenvalue weighted by atomic mass is 35.5. The molecule has 0 aliphatic carbocycles. The lowest BCUT2D eigenvalue weighted by atomic mass is 10.0.